The lowest BCUT2D eigenvalue weighted by molar-refractivity contribution is -0.138. The summed E-state index contributed by atoms with van der Waals surface area (Å²) in [6.07, 6.45) is -0.584. The van der Waals surface area contributed by atoms with Crippen molar-refractivity contribution in [1.82, 2.24) is 24.6 Å². The minimum Gasteiger partial charge on any atom is -0.438 e. The lowest BCUT2D eigenvalue weighted by atomic mass is 9.90. The Morgan fingerprint density at radius 3 is 2.19 bits per heavy atom. The average molecular weight is 601 g/mol. The molecule has 1 N–H and O–H groups in total. The van der Waals surface area contributed by atoms with Crippen LogP contribution in [0.3, 0.4) is 0 Å². The summed E-state index contributed by atoms with van der Waals surface area (Å²) in [5.41, 5.74) is 0.632. The van der Waals surface area contributed by atoms with Crippen LogP contribution in [0.5, 0.6) is 11.6 Å². The van der Waals surface area contributed by atoms with Crippen molar-refractivity contribution in [2.24, 2.45) is 7.05 Å². The average Bonchev–Trinajstić information content (AvgIpc) is 3.36. The van der Waals surface area contributed by atoms with Gasteiger partial charge >= 0.3 is 6.18 Å². The van der Waals surface area contributed by atoms with Gasteiger partial charge in [0.15, 0.2) is 0 Å². The van der Waals surface area contributed by atoms with Crippen molar-refractivity contribution >= 4 is 16.0 Å². The summed E-state index contributed by atoms with van der Waals surface area (Å²) in [4.78, 5) is 10.1. The van der Waals surface area contributed by atoms with Crippen LogP contribution < -0.4 is 9.46 Å². The Balaban J connectivity index is 1.61. The first kappa shape index (κ1) is 29.5. The molecule has 0 saturated carbocycles. The van der Waals surface area contributed by atoms with Gasteiger partial charge < -0.3 is 9.64 Å². The van der Waals surface area contributed by atoms with Crippen molar-refractivity contribution in [2.75, 3.05) is 24.9 Å². The number of nitrogens with one attached hydrogen (secondary N) is 1. The number of aryl methyl sites for hydroxylation is 3. The fourth-order valence-electron chi connectivity index (χ4n) is 5.16. The number of anilines is 1. The molecule has 42 heavy (non-hydrogen) atoms. The molecule has 0 bridgehead atoms. The summed E-state index contributed by atoms with van der Waals surface area (Å²) in [6.45, 7) is 5.26. The Labute approximate surface area is 242 Å². The molecule has 2 aromatic carbocycles. The zero-order valence-electron chi connectivity index (χ0n) is 23.6. The number of piperidine rings is 1. The zero-order chi connectivity index (χ0) is 30.2. The van der Waals surface area contributed by atoms with Gasteiger partial charge in [0.25, 0.3) is 10.0 Å². The van der Waals surface area contributed by atoms with E-state index in [-0.39, 0.29) is 16.2 Å². The lowest BCUT2D eigenvalue weighted by Gasteiger charge is -2.29. The highest BCUT2D eigenvalue weighted by Gasteiger charge is 2.41. The molecule has 222 valence electrons. The summed E-state index contributed by atoms with van der Waals surface area (Å²) in [6, 6.07) is 11.9. The van der Waals surface area contributed by atoms with Crippen LogP contribution in [0, 0.1) is 13.8 Å². The van der Waals surface area contributed by atoms with Crippen LogP contribution in [0.25, 0.3) is 11.3 Å². The summed E-state index contributed by atoms with van der Waals surface area (Å²) in [5, 5.41) is 3.86. The molecular weight excluding hydrogens is 569 g/mol. The number of nitrogens with zero attached hydrogens (tertiary/aromatic N) is 5. The first-order valence-electron chi connectivity index (χ1n) is 13.4. The van der Waals surface area contributed by atoms with Crippen LogP contribution in [0.4, 0.5) is 19.1 Å². The van der Waals surface area contributed by atoms with Gasteiger partial charge in [-0.05, 0) is 81.6 Å². The summed E-state index contributed by atoms with van der Waals surface area (Å²) < 4.78 is 79.5. The van der Waals surface area contributed by atoms with E-state index in [1.54, 1.807) is 44.2 Å². The molecular formula is C29H31F3N6O3S. The molecule has 0 unspecified atom stereocenters. The molecule has 13 heteroatoms. The number of hydrogen-bond acceptors (Lipinski definition) is 7. The first-order valence-corrected chi connectivity index (χ1v) is 14.8. The SMILES string of the molecule is Cc1cccc(C)c1-c1nc(NS(=O)(=O)c2cnn(C)c2)nc(Oc2ccc(C3CCN(C)CC3)cc2)c1C(F)(F)F. The van der Waals surface area contributed by atoms with Gasteiger partial charge in [0.1, 0.15) is 16.2 Å². The van der Waals surface area contributed by atoms with E-state index in [1.165, 1.54) is 17.9 Å². The maximum Gasteiger partial charge on any atom is 0.423 e. The Hall–Kier alpha value is -3.97. The van der Waals surface area contributed by atoms with Gasteiger partial charge in [0.2, 0.25) is 11.8 Å². The molecule has 1 fully saturated rings. The molecule has 0 aliphatic carbocycles. The highest BCUT2D eigenvalue weighted by atomic mass is 32.2. The number of sulfonamides is 1. The standard InChI is InChI=1S/C29H31F3N6O3S/c1-18-6-5-7-19(2)24(18)26-25(29(30,31)32)27(35-28(34-26)36-42(39,40)23-16-33-38(4)17-23)41-22-10-8-20(9-11-22)21-12-14-37(3)15-13-21/h5-11,16-17,21H,12-15H2,1-4H3,(H,34,35,36). The van der Waals surface area contributed by atoms with Crippen LogP contribution >= 0.6 is 0 Å². The first-order chi connectivity index (χ1) is 19.8. The van der Waals surface area contributed by atoms with E-state index < -0.39 is 39.3 Å². The lowest BCUT2D eigenvalue weighted by Crippen LogP contribution is -2.29. The van der Waals surface area contributed by atoms with Gasteiger partial charge in [-0.15, -0.1) is 0 Å². The third-order valence-corrected chi connectivity index (χ3v) is 8.66. The summed E-state index contributed by atoms with van der Waals surface area (Å²) >= 11 is 0. The van der Waals surface area contributed by atoms with E-state index in [4.69, 9.17) is 4.74 Å². The predicted octanol–water partition coefficient (Wildman–Crippen LogP) is 5.92. The second kappa shape index (κ2) is 11.4. The summed E-state index contributed by atoms with van der Waals surface area (Å²) in [5.74, 6) is -0.901. The highest BCUT2D eigenvalue weighted by Crippen LogP contribution is 2.45. The molecule has 2 aromatic heterocycles. The molecule has 0 amide bonds. The molecule has 9 nitrogen and oxygen atoms in total. The monoisotopic (exact) mass is 600 g/mol. The maximum atomic E-state index is 14.7. The number of aromatic nitrogens is 4. The van der Waals surface area contributed by atoms with E-state index in [1.807, 2.05) is 12.1 Å². The van der Waals surface area contributed by atoms with Crippen molar-refractivity contribution < 1.29 is 26.3 Å². The topological polar surface area (TPSA) is 102 Å². The fraction of sp³-hybridized carbons (Fsp3) is 0.345. The Kier molecular flexibility index (Phi) is 7.99. The van der Waals surface area contributed by atoms with Crippen molar-refractivity contribution in [2.45, 2.75) is 43.7 Å². The van der Waals surface area contributed by atoms with Crippen LogP contribution in [0.2, 0.25) is 0 Å². The zero-order valence-corrected chi connectivity index (χ0v) is 24.4. The minimum absolute atomic E-state index is 0.129. The van der Waals surface area contributed by atoms with Crippen molar-refractivity contribution in [3.8, 4) is 22.9 Å². The Morgan fingerprint density at radius 2 is 1.62 bits per heavy atom. The molecule has 0 spiro atoms. The van der Waals surface area contributed by atoms with Crippen LogP contribution in [0.1, 0.15) is 41.0 Å². The van der Waals surface area contributed by atoms with Crippen molar-refractivity contribution in [1.29, 1.82) is 0 Å². The number of ether oxygens (including phenoxy) is 1. The molecule has 3 heterocycles. The molecule has 4 aromatic rings. The van der Waals surface area contributed by atoms with Crippen LogP contribution in [0.15, 0.2) is 59.8 Å². The smallest absolute Gasteiger partial charge is 0.423 e. The third kappa shape index (κ3) is 6.26. The highest BCUT2D eigenvalue weighted by molar-refractivity contribution is 7.92. The molecule has 0 radical (unpaired) electrons. The van der Waals surface area contributed by atoms with E-state index in [0.717, 1.165) is 37.7 Å². The van der Waals surface area contributed by atoms with Gasteiger partial charge in [0, 0.05) is 18.8 Å². The number of halogens is 3. The van der Waals surface area contributed by atoms with E-state index in [0.29, 0.717) is 17.0 Å². The molecule has 1 aliphatic rings. The van der Waals surface area contributed by atoms with Crippen molar-refractivity contribution in [3.05, 3.63) is 77.1 Å². The van der Waals surface area contributed by atoms with Gasteiger partial charge in [-0.3, -0.25) is 4.68 Å². The maximum absolute atomic E-state index is 14.7. The molecule has 1 aliphatic heterocycles. The quantitative estimate of drug-likeness (QED) is 0.281. The normalized spacial score (nSPS) is 15.1. The molecule has 1 saturated heterocycles. The number of rotatable bonds is 7. The van der Waals surface area contributed by atoms with E-state index in [2.05, 4.69) is 31.7 Å². The van der Waals surface area contributed by atoms with Gasteiger partial charge in [-0.25, -0.2) is 18.1 Å². The van der Waals surface area contributed by atoms with E-state index in [9.17, 15) is 21.6 Å². The predicted molar refractivity (Wildman–Crippen MR) is 152 cm³/mol. The van der Waals surface area contributed by atoms with Crippen molar-refractivity contribution in [3.63, 3.8) is 0 Å². The Morgan fingerprint density at radius 1 is 0.976 bits per heavy atom. The van der Waals surface area contributed by atoms with Gasteiger partial charge in [0.05, 0.1) is 11.9 Å². The molecule has 5 rings (SSSR count). The van der Waals surface area contributed by atoms with Crippen LogP contribution in [-0.2, 0) is 23.2 Å². The Bertz CT molecular complexity index is 1680. The fourth-order valence-corrected chi connectivity index (χ4v) is 6.09. The largest absolute Gasteiger partial charge is 0.438 e. The number of hydrogen-bond donors (Lipinski definition) is 1. The second-order valence-electron chi connectivity index (χ2n) is 10.5. The second-order valence-corrected chi connectivity index (χ2v) is 12.2. The third-order valence-electron chi connectivity index (χ3n) is 7.38. The van der Waals surface area contributed by atoms with Gasteiger partial charge in [-0.2, -0.15) is 23.3 Å². The number of likely N-dealkylation sites (tertiary alicyclic amines) is 1. The minimum atomic E-state index is -4.92. The molecule has 0 atom stereocenters. The number of alkyl halides is 3. The number of benzene rings is 2. The van der Waals surface area contributed by atoms with Crippen LogP contribution in [-0.4, -0.2) is 53.2 Å². The van der Waals surface area contributed by atoms with E-state index >= 15 is 0 Å². The summed E-state index contributed by atoms with van der Waals surface area (Å²) in [7, 11) is -0.658. The van der Waals surface area contributed by atoms with Gasteiger partial charge in [-0.1, -0.05) is 30.3 Å².